The first-order chi connectivity index (χ1) is 7.15. The minimum atomic E-state index is 0.230. The van der Waals surface area contributed by atoms with Gasteiger partial charge in [-0.05, 0) is 38.1 Å². The lowest BCUT2D eigenvalue weighted by Crippen LogP contribution is -2.55. The van der Waals surface area contributed by atoms with Gasteiger partial charge in [0.25, 0.3) is 0 Å². The van der Waals surface area contributed by atoms with Crippen molar-refractivity contribution in [2.75, 3.05) is 18.0 Å². The molecule has 0 amide bonds. The molecule has 0 saturated carbocycles. The molecular weight excluding hydrogens is 188 g/mol. The maximum atomic E-state index is 5.74. The Kier molecular flexibility index (Phi) is 2.82. The summed E-state index contributed by atoms with van der Waals surface area (Å²) in [6.07, 6.45) is 0.230. The summed E-state index contributed by atoms with van der Waals surface area (Å²) in [6.45, 7) is 5.99. The third-order valence-corrected chi connectivity index (χ3v) is 2.48. The van der Waals surface area contributed by atoms with E-state index in [1.807, 2.05) is 26.0 Å². The van der Waals surface area contributed by atoms with E-state index in [1.165, 1.54) is 5.69 Å². The summed E-state index contributed by atoms with van der Waals surface area (Å²) in [4.78, 5) is 2.27. The standard InChI is InChI=1S/C12H18N2O/c1-9(2)15-12-5-3-11(4-6-12)14-7-10(13)8-14/h3-6,9-10H,7-8,13H2,1-2H3. The molecule has 2 rings (SSSR count). The van der Waals surface area contributed by atoms with Crippen molar-refractivity contribution in [3.05, 3.63) is 24.3 Å². The zero-order valence-electron chi connectivity index (χ0n) is 9.31. The summed E-state index contributed by atoms with van der Waals surface area (Å²) in [6, 6.07) is 8.54. The highest BCUT2D eigenvalue weighted by atomic mass is 16.5. The van der Waals surface area contributed by atoms with Crippen molar-refractivity contribution in [3.63, 3.8) is 0 Å². The van der Waals surface area contributed by atoms with E-state index in [0.717, 1.165) is 18.8 Å². The third kappa shape index (κ3) is 2.42. The zero-order chi connectivity index (χ0) is 10.8. The molecule has 1 aliphatic heterocycles. The van der Waals surface area contributed by atoms with Gasteiger partial charge in [0.05, 0.1) is 6.10 Å². The van der Waals surface area contributed by atoms with Gasteiger partial charge in [-0.2, -0.15) is 0 Å². The van der Waals surface area contributed by atoms with Crippen molar-refractivity contribution in [2.45, 2.75) is 26.0 Å². The van der Waals surface area contributed by atoms with Gasteiger partial charge in [-0.25, -0.2) is 0 Å². The molecule has 0 bridgehead atoms. The largest absolute Gasteiger partial charge is 0.491 e. The second-order valence-corrected chi connectivity index (χ2v) is 4.33. The number of nitrogens with zero attached hydrogens (tertiary/aromatic N) is 1. The molecule has 1 aliphatic rings. The summed E-state index contributed by atoms with van der Waals surface area (Å²) < 4.78 is 5.58. The Balaban J connectivity index is 1.98. The smallest absolute Gasteiger partial charge is 0.119 e. The van der Waals surface area contributed by atoms with Gasteiger partial charge in [0.2, 0.25) is 0 Å². The van der Waals surface area contributed by atoms with E-state index in [9.17, 15) is 0 Å². The van der Waals surface area contributed by atoms with Crippen LogP contribution in [0.3, 0.4) is 0 Å². The molecule has 0 atom stereocenters. The number of hydrogen-bond donors (Lipinski definition) is 1. The fourth-order valence-electron chi connectivity index (χ4n) is 1.73. The number of rotatable bonds is 3. The minimum Gasteiger partial charge on any atom is -0.491 e. The Labute approximate surface area is 90.8 Å². The molecule has 1 aromatic carbocycles. The van der Waals surface area contributed by atoms with Gasteiger partial charge in [0.15, 0.2) is 0 Å². The van der Waals surface area contributed by atoms with Gasteiger partial charge in [0, 0.05) is 24.8 Å². The van der Waals surface area contributed by atoms with Gasteiger partial charge in [-0.1, -0.05) is 0 Å². The lowest BCUT2D eigenvalue weighted by molar-refractivity contribution is 0.242. The Hall–Kier alpha value is -1.22. The van der Waals surface area contributed by atoms with Crippen LogP contribution in [0.25, 0.3) is 0 Å². The highest BCUT2D eigenvalue weighted by Crippen LogP contribution is 2.23. The number of benzene rings is 1. The molecule has 0 aliphatic carbocycles. The highest BCUT2D eigenvalue weighted by molar-refractivity contribution is 5.51. The van der Waals surface area contributed by atoms with Gasteiger partial charge in [0.1, 0.15) is 5.75 Å². The van der Waals surface area contributed by atoms with Crippen LogP contribution in [0.1, 0.15) is 13.8 Å². The van der Waals surface area contributed by atoms with Crippen molar-refractivity contribution < 1.29 is 4.74 Å². The van der Waals surface area contributed by atoms with Crippen molar-refractivity contribution in [3.8, 4) is 5.75 Å². The molecule has 1 heterocycles. The van der Waals surface area contributed by atoms with Crippen molar-refractivity contribution in [1.82, 2.24) is 0 Å². The van der Waals surface area contributed by atoms with Crippen LogP contribution in [0.5, 0.6) is 5.75 Å². The molecule has 0 spiro atoms. The van der Waals surface area contributed by atoms with Crippen LogP contribution in [-0.4, -0.2) is 25.2 Å². The van der Waals surface area contributed by atoms with Crippen LogP contribution in [0.2, 0.25) is 0 Å². The second-order valence-electron chi connectivity index (χ2n) is 4.33. The molecule has 1 saturated heterocycles. The van der Waals surface area contributed by atoms with Crippen LogP contribution in [0, 0.1) is 0 Å². The van der Waals surface area contributed by atoms with Crippen molar-refractivity contribution in [1.29, 1.82) is 0 Å². The van der Waals surface area contributed by atoms with E-state index in [-0.39, 0.29) is 6.10 Å². The average Bonchev–Trinajstić information content (AvgIpc) is 2.14. The summed E-state index contributed by atoms with van der Waals surface area (Å²) in [5.41, 5.74) is 6.97. The molecular formula is C12H18N2O. The summed E-state index contributed by atoms with van der Waals surface area (Å²) in [5.74, 6) is 0.929. The monoisotopic (exact) mass is 206 g/mol. The van der Waals surface area contributed by atoms with Crippen molar-refractivity contribution >= 4 is 5.69 Å². The van der Waals surface area contributed by atoms with E-state index in [2.05, 4.69) is 17.0 Å². The molecule has 3 heteroatoms. The molecule has 0 radical (unpaired) electrons. The van der Waals surface area contributed by atoms with Crippen LogP contribution in [0.4, 0.5) is 5.69 Å². The lowest BCUT2D eigenvalue weighted by Gasteiger charge is -2.38. The SMILES string of the molecule is CC(C)Oc1ccc(N2CC(N)C2)cc1. The Bertz CT molecular complexity index is 315. The fourth-order valence-corrected chi connectivity index (χ4v) is 1.73. The molecule has 2 N–H and O–H groups in total. The Morgan fingerprint density at radius 3 is 2.33 bits per heavy atom. The Morgan fingerprint density at radius 1 is 1.27 bits per heavy atom. The molecule has 82 valence electrons. The van der Waals surface area contributed by atoms with Crippen LogP contribution in [0.15, 0.2) is 24.3 Å². The van der Waals surface area contributed by atoms with E-state index in [4.69, 9.17) is 10.5 Å². The number of ether oxygens (including phenoxy) is 1. The summed E-state index contributed by atoms with van der Waals surface area (Å²) in [7, 11) is 0. The number of nitrogens with two attached hydrogens (primary N) is 1. The fraction of sp³-hybridized carbons (Fsp3) is 0.500. The molecule has 1 aromatic rings. The maximum absolute atomic E-state index is 5.74. The highest BCUT2D eigenvalue weighted by Gasteiger charge is 2.22. The molecule has 15 heavy (non-hydrogen) atoms. The van der Waals surface area contributed by atoms with E-state index < -0.39 is 0 Å². The molecule has 1 fully saturated rings. The summed E-state index contributed by atoms with van der Waals surface area (Å²) >= 11 is 0. The Morgan fingerprint density at radius 2 is 1.87 bits per heavy atom. The predicted octanol–water partition coefficient (Wildman–Crippen LogP) is 1.62. The number of anilines is 1. The average molecular weight is 206 g/mol. The van der Waals surface area contributed by atoms with Gasteiger partial charge in [-0.3, -0.25) is 0 Å². The number of hydrogen-bond acceptors (Lipinski definition) is 3. The first-order valence-electron chi connectivity index (χ1n) is 5.42. The third-order valence-electron chi connectivity index (χ3n) is 2.48. The van der Waals surface area contributed by atoms with Crippen LogP contribution >= 0.6 is 0 Å². The topological polar surface area (TPSA) is 38.5 Å². The molecule has 0 unspecified atom stereocenters. The molecule has 0 aromatic heterocycles. The van der Waals surface area contributed by atoms with Gasteiger partial charge in [-0.15, -0.1) is 0 Å². The van der Waals surface area contributed by atoms with Crippen molar-refractivity contribution in [2.24, 2.45) is 5.73 Å². The lowest BCUT2D eigenvalue weighted by atomic mass is 10.1. The maximum Gasteiger partial charge on any atom is 0.119 e. The van der Waals surface area contributed by atoms with Gasteiger partial charge >= 0.3 is 0 Å². The molecule has 3 nitrogen and oxygen atoms in total. The van der Waals surface area contributed by atoms with Gasteiger partial charge < -0.3 is 15.4 Å². The zero-order valence-corrected chi connectivity index (χ0v) is 9.31. The normalized spacial score (nSPS) is 16.7. The van der Waals surface area contributed by atoms with Crippen LogP contribution < -0.4 is 15.4 Å². The first-order valence-corrected chi connectivity index (χ1v) is 5.42. The quantitative estimate of drug-likeness (QED) is 0.816. The summed E-state index contributed by atoms with van der Waals surface area (Å²) in [5, 5.41) is 0. The predicted molar refractivity (Wildman–Crippen MR) is 62.4 cm³/mol. The van der Waals surface area contributed by atoms with Crippen LogP contribution in [-0.2, 0) is 0 Å². The van der Waals surface area contributed by atoms with E-state index >= 15 is 0 Å². The first kappa shape index (κ1) is 10.3. The van der Waals surface area contributed by atoms with E-state index in [1.54, 1.807) is 0 Å². The van der Waals surface area contributed by atoms with E-state index in [0.29, 0.717) is 6.04 Å². The minimum absolute atomic E-state index is 0.230. The second kappa shape index (κ2) is 4.11.